The standard InChI is InChI=1S/C20H32N2O2.ClH/c1-14(18-6-8-21-9-7-18)12-19(23)22(4)13-17-10-15(2)20(24-5)16(3)11-17;/h10-11,14,18,21H,6-9,12-13H2,1-5H3;1H. The SMILES string of the molecule is COc1c(C)cc(CN(C)C(=O)CC(C)C2CCNCC2)cc1C.Cl. The van der Waals surface area contributed by atoms with Gasteiger partial charge in [-0.05, 0) is 68.3 Å². The first-order valence-electron chi connectivity index (χ1n) is 9.01. The zero-order chi connectivity index (χ0) is 17.7. The first kappa shape index (κ1) is 21.8. The molecule has 0 bridgehead atoms. The molecule has 1 unspecified atom stereocenters. The summed E-state index contributed by atoms with van der Waals surface area (Å²) in [5, 5.41) is 3.39. The van der Waals surface area contributed by atoms with E-state index in [2.05, 4.69) is 38.2 Å². The fourth-order valence-electron chi connectivity index (χ4n) is 3.83. The van der Waals surface area contributed by atoms with Crippen LogP contribution < -0.4 is 10.1 Å². The summed E-state index contributed by atoms with van der Waals surface area (Å²) in [7, 11) is 3.61. The Morgan fingerprint density at radius 1 is 1.28 bits per heavy atom. The van der Waals surface area contributed by atoms with Crippen molar-refractivity contribution in [1.82, 2.24) is 10.2 Å². The van der Waals surface area contributed by atoms with E-state index in [1.165, 1.54) is 12.8 Å². The van der Waals surface area contributed by atoms with E-state index in [0.29, 0.717) is 24.8 Å². The third-order valence-electron chi connectivity index (χ3n) is 5.25. The molecule has 1 amide bonds. The van der Waals surface area contributed by atoms with Gasteiger partial charge in [0.25, 0.3) is 0 Å². The molecule has 1 aromatic rings. The molecule has 1 fully saturated rings. The molecule has 1 heterocycles. The molecule has 25 heavy (non-hydrogen) atoms. The van der Waals surface area contributed by atoms with Crippen molar-refractivity contribution in [2.24, 2.45) is 11.8 Å². The highest BCUT2D eigenvalue weighted by molar-refractivity contribution is 5.85. The summed E-state index contributed by atoms with van der Waals surface area (Å²) >= 11 is 0. The molecule has 0 radical (unpaired) electrons. The average Bonchev–Trinajstić information content (AvgIpc) is 2.55. The van der Waals surface area contributed by atoms with Crippen molar-refractivity contribution in [1.29, 1.82) is 0 Å². The third kappa shape index (κ3) is 5.89. The van der Waals surface area contributed by atoms with Crippen LogP contribution >= 0.6 is 12.4 Å². The van der Waals surface area contributed by atoms with Gasteiger partial charge in [0.05, 0.1) is 7.11 Å². The van der Waals surface area contributed by atoms with Gasteiger partial charge < -0.3 is 15.0 Å². The Morgan fingerprint density at radius 3 is 2.36 bits per heavy atom. The van der Waals surface area contributed by atoms with E-state index >= 15 is 0 Å². The fraction of sp³-hybridized carbons (Fsp3) is 0.650. The van der Waals surface area contributed by atoms with Gasteiger partial charge in [0, 0.05) is 20.0 Å². The van der Waals surface area contributed by atoms with Gasteiger partial charge in [-0.15, -0.1) is 12.4 Å². The number of methoxy groups -OCH3 is 1. The van der Waals surface area contributed by atoms with Crippen LogP contribution in [0, 0.1) is 25.7 Å². The molecule has 1 saturated heterocycles. The Bertz CT molecular complexity index is 548. The van der Waals surface area contributed by atoms with E-state index in [-0.39, 0.29) is 18.3 Å². The van der Waals surface area contributed by atoms with E-state index in [4.69, 9.17) is 4.74 Å². The number of amides is 1. The molecular formula is C20H33ClN2O2. The Labute approximate surface area is 158 Å². The molecule has 1 atom stereocenters. The molecule has 4 nitrogen and oxygen atoms in total. The predicted molar refractivity (Wildman–Crippen MR) is 106 cm³/mol. The molecule has 2 rings (SSSR count). The highest BCUT2D eigenvalue weighted by Gasteiger charge is 2.23. The number of aryl methyl sites for hydroxylation is 2. The first-order valence-corrected chi connectivity index (χ1v) is 9.01. The quantitative estimate of drug-likeness (QED) is 0.832. The number of benzene rings is 1. The normalized spacial score (nSPS) is 16.0. The number of carbonyl (C=O) groups excluding carboxylic acids is 1. The third-order valence-corrected chi connectivity index (χ3v) is 5.25. The van der Waals surface area contributed by atoms with Crippen LogP contribution in [0.25, 0.3) is 0 Å². The minimum atomic E-state index is 0. The highest BCUT2D eigenvalue weighted by atomic mass is 35.5. The Hall–Kier alpha value is -1.26. The summed E-state index contributed by atoms with van der Waals surface area (Å²) in [6, 6.07) is 4.23. The van der Waals surface area contributed by atoms with Crippen LogP contribution in [0.2, 0.25) is 0 Å². The van der Waals surface area contributed by atoms with Crippen molar-refractivity contribution in [3.63, 3.8) is 0 Å². The van der Waals surface area contributed by atoms with Crippen molar-refractivity contribution in [2.45, 2.75) is 46.6 Å². The van der Waals surface area contributed by atoms with Gasteiger partial charge >= 0.3 is 0 Å². The van der Waals surface area contributed by atoms with Gasteiger partial charge in [0.15, 0.2) is 0 Å². The molecule has 1 aromatic carbocycles. The smallest absolute Gasteiger partial charge is 0.222 e. The summed E-state index contributed by atoms with van der Waals surface area (Å²) in [6.07, 6.45) is 3.03. The Morgan fingerprint density at radius 2 is 1.84 bits per heavy atom. The fourth-order valence-corrected chi connectivity index (χ4v) is 3.83. The minimum absolute atomic E-state index is 0. The van der Waals surface area contributed by atoms with E-state index in [1.807, 2.05) is 11.9 Å². The number of ether oxygens (including phenoxy) is 1. The molecule has 1 aliphatic rings. The van der Waals surface area contributed by atoms with Crippen molar-refractivity contribution < 1.29 is 9.53 Å². The number of carbonyl (C=O) groups is 1. The number of hydrogen-bond acceptors (Lipinski definition) is 3. The number of rotatable bonds is 6. The van der Waals surface area contributed by atoms with Gasteiger partial charge in [-0.25, -0.2) is 0 Å². The maximum Gasteiger partial charge on any atom is 0.222 e. The molecule has 0 aromatic heterocycles. The second-order valence-corrected chi connectivity index (χ2v) is 7.28. The maximum absolute atomic E-state index is 12.6. The number of hydrogen-bond donors (Lipinski definition) is 1. The Balaban J connectivity index is 0.00000312. The summed E-state index contributed by atoms with van der Waals surface area (Å²) in [6.45, 7) is 9.16. The number of halogens is 1. The van der Waals surface area contributed by atoms with Crippen LogP contribution in [0.4, 0.5) is 0 Å². The van der Waals surface area contributed by atoms with Gasteiger partial charge in [-0.3, -0.25) is 4.79 Å². The number of piperidine rings is 1. The topological polar surface area (TPSA) is 41.6 Å². The van der Waals surface area contributed by atoms with Gasteiger partial charge in [-0.2, -0.15) is 0 Å². The van der Waals surface area contributed by atoms with Gasteiger partial charge in [0.1, 0.15) is 5.75 Å². The molecule has 1 N–H and O–H groups in total. The molecule has 142 valence electrons. The van der Waals surface area contributed by atoms with E-state index in [1.54, 1.807) is 7.11 Å². The van der Waals surface area contributed by atoms with E-state index < -0.39 is 0 Å². The van der Waals surface area contributed by atoms with Crippen LogP contribution in [-0.4, -0.2) is 38.1 Å². The van der Waals surface area contributed by atoms with Crippen LogP contribution in [0.15, 0.2) is 12.1 Å². The number of nitrogens with one attached hydrogen (secondary N) is 1. The first-order chi connectivity index (χ1) is 11.4. The van der Waals surface area contributed by atoms with Gasteiger partial charge in [0.2, 0.25) is 5.91 Å². The minimum Gasteiger partial charge on any atom is -0.496 e. The molecular weight excluding hydrogens is 336 g/mol. The molecule has 1 aliphatic heterocycles. The summed E-state index contributed by atoms with van der Waals surface area (Å²) in [5.41, 5.74) is 3.41. The van der Waals surface area contributed by atoms with E-state index in [0.717, 1.165) is 35.5 Å². The lowest BCUT2D eigenvalue weighted by Gasteiger charge is -2.29. The predicted octanol–water partition coefficient (Wildman–Crippen LogP) is 3.72. The van der Waals surface area contributed by atoms with Gasteiger partial charge in [-0.1, -0.05) is 19.1 Å². The monoisotopic (exact) mass is 368 g/mol. The lowest BCUT2D eigenvalue weighted by Crippen LogP contribution is -2.34. The summed E-state index contributed by atoms with van der Waals surface area (Å²) < 4.78 is 5.42. The van der Waals surface area contributed by atoms with E-state index in [9.17, 15) is 4.79 Å². The van der Waals surface area contributed by atoms with Crippen molar-refractivity contribution in [3.05, 3.63) is 28.8 Å². The second kappa shape index (κ2) is 10.0. The molecule has 5 heteroatoms. The van der Waals surface area contributed by atoms with Crippen LogP contribution in [0.3, 0.4) is 0 Å². The van der Waals surface area contributed by atoms with Crippen LogP contribution in [0.5, 0.6) is 5.75 Å². The maximum atomic E-state index is 12.6. The summed E-state index contributed by atoms with van der Waals surface area (Å²) in [5.74, 6) is 2.31. The average molecular weight is 369 g/mol. The largest absolute Gasteiger partial charge is 0.496 e. The molecule has 0 spiro atoms. The van der Waals surface area contributed by atoms with Crippen molar-refractivity contribution in [3.8, 4) is 5.75 Å². The summed E-state index contributed by atoms with van der Waals surface area (Å²) in [4.78, 5) is 14.4. The number of nitrogens with zero attached hydrogens (tertiary/aromatic N) is 1. The molecule has 0 aliphatic carbocycles. The zero-order valence-corrected chi connectivity index (χ0v) is 17.0. The second-order valence-electron chi connectivity index (χ2n) is 7.28. The highest BCUT2D eigenvalue weighted by Crippen LogP contribution is 2.26. The lowest BCUT2D eigenvalue weighted by atomic mass is 9.84. The lowest BCUT2D eigenvalue weighted by molar-refractivity contribution is -0.131. The van der Waals surface area contributed by atoms with Crippen LogP contribution in [-0.2, 0) is 11.3 Å². The van der Waals surface area contributed by atoms with Crippen molar-refractivity contribution in [2.75, 3.05) is 27.2 Å². The van der Waals surface area contributed by atoms with Crippen molar-refractivity contribution >= 4 is 18.3 Å². The zero-order valence-electron chi connectivity index (χ0n) is 16.2. The van der Waals surface area contributed by atoms with Crippen LogP contribution in [0.1, 0.15) is 42.9 Å². The Kier molecular flexibility index (Phi) is 8.74. The molecule has 0 saturated carbocycles.